The summed E-state index contributed by atoms with van der Waals surface area (Å²) >= 11 is 6.74. The van der Waals surface area contributed by atoms with Crippen molar-refractivity contribution < 1.29 is 14.3 Å². The minimum Gasteiger partial charge on any atom is -0.508 e. The lowest BCUT2D eigenvalue weighted by molar-refractivity contribution is -0.128. The fraction of sp³-hybridized carbons (Fsp3) is 0.321. The number of anilines is 2. The maximum absolute atomic E-state index is 16.4. The summed E-state index contributed by atoms with van der Waals surface area (Å²) in [6, 6.07) is 12.3. The number of carbonyl (C=O) groups is 1. The quantitative estimate of drug-likeness (QED) is 0.332. The van der Waals surface area contributed by atoms with E-state index in [1.54, 1.807) is 26.2 Å². The Labute approximate surface area is 219 Å². The van der Waals surface area contributed by atoms with E-state index in [4.69, 9.17) is 16.6 Å². The summed E-state index contributed by atoms with van der Waals surface area (Å²) in [7, 11) is 3.41. The molecule has 2 N–H and O–H groups in total. The number of phenols is 1. The molecule has 192 valence electrons. The summed E-state index contributed by atoms with van der Waals surface area (Å²) in [4.78, 5) is 25.0. The molecule has 37 heavy (non-hydrogen) atoms. The number of benzene rings is 3. The van der Waals surface area contributed by atoms with E-state index in [0.29, 0.717) is 23.3 Å². The Balaban J connectivity index is 1.67. The van der Waals surface area contributed by atoms with Crippen LogP contribution in [-0.2, 0) is 4.79 Å². The zero-order valence-electron chi connectivity index (χ0n) is 20.9. The van der Waals surface area contributed by atoms with E-state index < -0.39 is 5.82 Å². The number of phenolic OH excluding ortho intramolecular Hbond substituents is 1. The van der Waals surface area contributed by atoms with Gasteiger partial charge in [-0.25, -0.2) is 9.37 Å². The number of halogens is 2. The van der Waals surface area contributed by atoms with E-state index in [1.807, 2.05) is 24.3 Å². The van der Waals surface area contributed by atoms with Gasteiger partial charge < -0.3 is 20.2 Å². The maximum atomic E-state index is 16.4. The maximum Gasteiger partial charge on any atom is 0.225 e. The largest absolute Gasteiger partial charge is 0.508 e. The molecule has 0 bridgehead atoms. The van der Waals surface area contributed by atoms with Crippen molar-refractivity contribution >= 4 is 50.9 Å². The third kappa shape index (κ3) is 4.98. The van der Waals surface area contributed by atoms with Gasteiger partial charge in [-0.05, 0) is 53.8 Å². The number of nitrogens with zero attached hydrogens (tertiary/aromatic N) is 4. The second-order valence-corrected chi connectivity index (χ2v) is 9.95. The SMILES string of the molecule is CN(C)C(=O)CCNc1nc(N2CCCCC2)c2cc(Cl)c(-c3cc(O)cc4ccccc34)c(F)c2n1. The van der Waals surface area contributed by atoms with Gasteiger partial charge in [0.2, 0.25) is 11.9 Å². The second-order valence-electron chi connectivity index (χ2n) is 9.54. The number of rotatable bonds is 6. The monoisotopic (exact) mass is 521 g/mol. The van der Waals surface area contributed by atoms with Gasteiger partial charge in [0.15, 0.2) is 5.82 Å². The number of aromatic nitrogens is 2. The van der Waals surface area contributed by atoms with Gasteiger partial charge >= 0.3 is 0 Å². The first-order valence-corrected chi connectivity index (χ1v) is 12.8. The van der Waals surface area contributed by atoms with Gasteiger partial charge in [0.05, 0.1) is 5.02 Å². The number of aromatic hydroxyl groups is 1. The van der Waals surface area contributed by atoms with E-state index in [0.717, 1.165) is 43.1 Å². The lowest BCUT2D eigenvalue weighted by Gasteiger charge is -2.29. The normalized spacial score (nSPS) is 13.8. The summed E-state index contributed by atoms with van der Waals surface area (Å²) in [5.74, 6) is 0.299. The fourth-order valence-electron chi connectivity index (χ4n) is 4.86. The summed E-state index contributed by atoms with van der Waals surface area (Å²) in [6.45, 7) is 1.94. The van der Waals surface area contributed by atoms with Crippen LogP contribution in [0, 0.1) is 5.82 Å². The summed E-state index contributed by atoms with van der Waals surface area (Å²) in [5.41, 5.74) is 0.811. The highest BCUT2D eigenvalue weighted by molar-refractivity contribution is 6.35. The number of piperidine rings is 1. The molecule has 0 radical (unpaired) electrons. The van der Waals surface area contributed by atoms with Crippen LogP contribution in [0.15, 0.2) is 42.5 Å². The van der Waals surface area contributed by atoms with Crippen LogP contribution >= 0.6 is 11.6 Å². The van der Waals surface area contributed by atoms with E-state index >= 15 is 4.39 Å². The zero-order chi connectivity index (χ0) is 26.1. The van der Waals surface area contributed by atoms with Crippen LogP contribution in [0.5, 0.6) is 5.75 Å². The van der Waals surface area contributed by atoms with Gasteiger partial charge in [0.25, 0.3) is 0 Å². The van der Waals surface area contributed by atoms with Gasteiger partial charge in [-0.15, -0.1) is 0 Å². The van der Waals surface area contributed by atoms with Crippen molar-refractivity contribution in [2.24, 2.45) is 0 Å². The summed E-state index contributed by atoms with van der Waals surface area (Å²) in [6.07, 6.45) is 3.45. The molecule has 9 heteroatoms. The minimum atomic E-state index is -0.577. The Hall–Kier alpha value is -3.65. The molecule has 1 fully saturated rings. The minimum absolute atomic E-state index is 0.0221. The number of hydrogen-bond donors (Lipinski definition) is 2. The molecule has 4 aromatic rings. The highest BCUT2D eigenvalue weighted by atomic mass is 35.5. The lowest BCUT2D eigenvalue weighted by Crippen LogP contribution is -2.31. The second kappa shape index (κ2) is 10.4. The van der Waals surface area contributed by atoms with Crippen molar-refractivity contribution in [1.29, 1.82) is 0 Å². The molecule has 3 aromatic carbocycles. The molecule has 2 heterocycles. The predicted octanol–water partition coefficient (Wildman–Crippen LogP) is 5.83. The van der Waals surface area contributed by atoms with Crippen LogP contribution in [0.3, 0.4) is 0 Å². The molecular formula is C28H29ClFN5O2. The number of amides is 1. The van der Waals surface area contributed by atoms with Gasteiger partial charge in [-0.2, -0.15) is 4.98 Å². The molecule has 0 atom stereocenters. The number of carbonyl (C=O) groups excluding carboxylic acids is 1. The van der Waals surface area contributed by atoms with Crippen molar-refractivity contribution in [1.82, 2.24) is 14.9 Å². The Morgan fingerprint density at radius 1 is 1.11 bits per heavy atom. The van der Waals surface area contributed by atoms with Crippen molar-refractivity contribution in [2.45, 2.75) is 25.7 Å². The number of fused-ring (bicyclic) bond motifs is 2. The summed E-state index contributed by atoms with van der Waals surface area (Å²) < 4.78 is 16.4. The smallest absolute Gasteiger partial charge is 0.225 e. The molecule has 0 spiro atoms. The first-order valence-electron chi connectivity index (χ1n) is 12.4. The molecule has 1 saturated heterocycles. The molecule has 1 aliphatic rings. The highest BCUT2D eigenvalue weighted by Gasteiger charge is 2.24. The highest BCUT2D eigenvalue weighted by Crippen LogP contribution is 2.42. The fourth-order valence-corrected chi connectivity index (χ4v) is 5.15. The van der Waals surface area contributed by atoms with E-state index in [-0.39, 0.29) is 40.1 Å². The third-order valence-electron chi connectivity index (χ3n) is 6.76. The van der Waals surface area contributed by atoms with Crippen LogP contribution in [0.25, 0.3) is 32.8 Å². The van der Waals surface area contributed by atoms with Gasteiger partial charge in [-0.3, -0.25) is 4.79 Å². The molecular weight excluding hydrogens is 493 g/mol. The van der Waals surface area contributed by atoms with Crippen LogP contribution in [0.4, 0.5) is 16.2 Å². The van der Waals surface area contributed by atoms with Crippen LogP contribution in [0.1, 0.15) is 25.7 Å². The number of hydrogen-bond acceptors (Lipinski definition) is 6. The predicted molar refractivity (Wildman–Crippen MR) is 147 cm³/mol. The first-order chi connectivity index (χ1) is 17.8. The lowest BCUT2D eigenvalue weighted by atomic mass is 9.96. The van der Waals surface area contributed by atoms with Gasteiger partial charge in [0, 0.05) is 51.1 Å². The third-order valence-corrected chi connectivity index (χ3v) is 7.05. The molecule has 1 amide bonds. The average Bonchev–Trinajstić information content (AvgIpc) is 2.89. The van der Waals surface area contributed by atoms with Crippen LogP contribution in [-0.4, -0.2) is 59.6 Å². The average molecular weight is 522 g/mol. The molecule has 1 aromatic heterocycles. The van der Waals surface area contributed by atoms with Crippen LogP contribution < -0.4 is 10.2 Å². The van der Waals surface area contributed by atoms with Crippen LogP contribution in [0.2, 0.25) is 5.02 Å². The topological polar surface area (TPSA) is 81.6 Å². The molecule has 0 unspecified atom stereocenters. The molecule has 1 aliphatic heterocycles. The van der Waals surface area contributed by atoms with Crippen molar-refractivity contribution in [2.75, 3.05) is 43.9 Å². The molecule has 7 nitrogen and oxygen atoms in total. The van der Waals surface area contributed by atoms with Crippen molar-refractivity contribution in [3.05, 3.63) is 53.3 Å². The number of nitrogens with one attached hydrogen (secondary N) is 1. The molecule has 0 aliphatic carbocycles. The van der Waals surface area contributed by atoms with Gasteiger partial charge in [0.1, 0.15) is 17.1 Å². The Morgan fingerprint density at radius 3 is 2.62 bits per heavy atom. The van der Waals surface area contributed by atoms with Gasteiger partial charge in [-0.1, -0.05) is 35.9 Å². The Morgan fingerprint density at radius 2 is 1.86 bits per heavy atom. The summed E-state index contributed by atoms with van der Waals surface area (Å²) in [5, 5.41) is 15.8. The van der Waals surface area contributed by atoms with E-state index in [9.17, 15) is 9.90 Å². The molecule has 0 saturated carbocycles. The Kier molecular flexibility index (Phi) is 7.02. The zero-order valence-corrected chi connectivity index (χ0v) is 21.6. The standard InChI is InChI=1S/C28H29ClFN5O2/c1-34(2)23(37)10-11-31-28-32-26-21(27(33-28)35-12-6-3-7-13-35)16-22(29)24(25(26)30)20-15-18(36)14-17-8-4-5-9-19(17)20/h4-5,8-9,14-16,36H,3,6-7,10-13H2,1-2H3,(H,31,32,33). The van der Waals surface area contributed by atoms with E-state index in [1.165, 1.54) is 11.0 Å². The Bertz CT molecular complexity index is 1490. The molecule has 5 rings (SSSR count). The van der Waals surface area contributed by atoms with Crippen molar-refractivity contribution in [3.63, 3.8) is 0 Å². The van der Waals surface area contributed by atoms with Crippen molar-refractivity contribution in [3.8, 4) is 16.9 Å². The van der Waals surface area contributed by atoms with E-state index in [2.05, 4.69) is 15.2 Å². The first kappa shape index (κ1) is 25.0.